The highest BCUT2D eigenvalue weighted by molar-refractivity contribution is 9.28. The standard InChI is InChI=1S/C15H29Br3O2Si/c1-14(2,3)21(5,6)20-10-8-7-9-15(4,19)12(16)11-13(17)18/h11-12,19H,7-10H2,1-6H3/t12-,15+/m1/s1. The molecular weight excluding hydrogens is 480 g/mol. The second-order valence-electron chi connectivity index (χ2n) is 7.28. The van der Waals surface area contributed by atoms with E-state index in [1.54, 1.807) is 0 Å². The highest BCUT2D eigenvalue weighted by atomic mass is 79.9. The van der Waals surface area contributed by atoms with Crippen LogP contribution >= 0.6 is 47.8 Å². The van der Waals surface area contributed by atoms with Crippen LogP contribution in [-0.4, -0.2) is 30.5 Å². The zero-order valence-corrected chi connectivity index (χ0v) is 19.7. The molecule has 0 heterocycles. The van der Waals surface area contributed by atoms with E-state index >= 15 is 0 Å². The van der Waals surface area contributed by atoms with Crippen LogP contribution < -0.4 is 0 Å². The third-order valence-corrected chi connectivity index (χ3v) is 10.5. The van der Waals surface area contributed by atoms with Gasteiger partial charge < -0.3 is 9.53 Å². The summed E-state index contributed by atoms with van der Waals surface area (Å²) in [6.45, 7) is 14.0. The summed E-state index contributed by atoms with van der Waals surface area (Å²) in [6, 6.07) is 0. The lowest BCUT2D eigenvalue weighted by molar-refractivity contribution is 0.0569. The van der Waals surface area contributed by atoms with Gasteiger partial charge in [0.25, 0.3) is 0 Å². The van der Waals surface area contributed by atoms with Gasteiger partial charge in [0, 0.05) is 6.61 Å². The summed E-state index contributed by atoms with van der Waals surface area (Å²) >= 11 is 10.2. The van der Waals surface area contributed by atoms with E-state index in [1.807, 2.05) is 13.0 Å². The molecule has 0 bridgehead atoms. The van der Waals surface area contributed by atoms with Crippen molar-refractivity contribution in [1.29, 1.82) is 0 Å². The second-order valence-corrected chi connectivity index (χ2v) is 15.8. The molecule has 0 amide bonds. The minimum Gasteiger partial charge on any atom is -0.417 e. The summed E-state index contributed by atoms with van der Waals surface area (Å²) in [4.78, 5) is -0.0833. The van der Waals surface area contributed by atoms with E-state index in [0.29, 0.717) is 0 Å². The van der Waals surface area contributed by atoms with Crippen LogP contribution in [-0.2, 0) is 4.43 Å². The topological polar surface area (TPSA) is 29.5 Å². The molecule has 0 aromatic carbocycles. The monoisotopic (exact) mass is 506 g/mol. The van der Waals surface area contributed by atoms with Crippen LogP contribution in [0.5, 0.6) is 0 Å². The Morgan fingerprint density at radius 3 is 2.14 bits per heavy atom. The van der Waals surface area contributed by atoms with Gasteiger partial charge in [-0.25, -0.2) is 0 Å². The molecule has 0 aliphatic carbocycles. The summed E-state index contributed by atoms with van der Waals surface area (Å²) < 4.78 is 7.00. The molecule has 21 heavy (non-hydrogen) atoms. The molecule has 0 rings (SSSR count). The lowest BCUT2D eigenvalue weighted by Gasteiger charge is -2.36. The Kier molecular flexibility index (Phi) is 9.53. The molecule has 1 N–H and O–H groups in total. The third kappa shape index (κ3) is 8.65. The number of rotatable bonds is 8. The van der Waals surface area contributed by atoms with E-state index in [-0.39, 0.29) is 9.87 Å². The minimum atomic E-state index is -1.64. The molecular formula is C15H29Br3O2Si. The van der Waals surface area contributed by atoms with E-state index in [9.17, 15) is 5.11 Å². The second kappa shape index (κ2) is 8.97. The third-order valence-electron chi connectivity index (χ3n) is 4.21. The van der Waals surface area contributed by atoms with Gasteiger partial charge in [0.1, 0.15) is 0 Å². The van der Waals surface area contributed by atoms with Gasteiger partial charge in [0.2, 0.25) is 0 Å². The van der Waals surface area contributed by atoms with Crippen LogP contribution in [0.3, 0.4) is 0 Å². The van der Waals surface area contributed by atoms with Crippen LogP contribution in [0, 0.1) is 0 Å². The number of halogens is 3. The highest BCUT2D eigenvalue weighted by Crippen LogP contribution is 2.36. The van der Waals surface area contributed by atoms with E-state index in [1.165, 1.54) is 0 Å². The molecule has 6 heteroatoms. The Morgan fingerprint density at radius 1 is 1.19 bits per heavy atom. The molecule has 0 saturated carbocycles. The van der Waals surface area contributed by atoms with Gasteiger partial charge in [-0.1, -0.05) is 36.7 Å². The summed E-state index contributed by atoms with van der Waals surface area (Å²) in [7, 11) is -1.64. The molecule has 0 radical (unpaired) electrons. The van der Waals surface area contributed by atoms with Crippen molar-refractivity contribution in [3.63, 3.8) is 0 Å². The van der Waals surface area contributed by atoms with Crippen LogP contribution in [0.2, 0.25) is 18.1 Å². The maximum atomic E-state index is 10.5. The lowest BCUT2D eigenvalue weighted by Crippen LogP contribution is -2.41. The van der Waals surface area contributed by atoms with Crippen molar-refractivity contribution in [2.24, 2.45) is 0 Å². The van der Waals surface area contributed by atoms with E-state index in [4.69, 9.17) is 4.43 Å². The van der Waals surface area contributed by atoms with Crippen molar-refractivity contribution in [2.75, 3.05) is 6.61 Å². The van der Waals surface area contributed by atoms with E-state index in [2.05, 4.69) is 81.7 Å². The summed E-state index contributed by atoms with van der Waals surface area (Å²) in [5, 5.41) is 10.7. The average molecular weight is 509 g/mol. The number of hydrogen-bond acceptors (Lipinski definition) is 2. The van der Waals surface area contributed by atoms with Gasteiger partial charge in [-0.2, -0.15) is 0 Å². The predicted octanol–water partition coefficient (Wildman–Crippen LogP) is 6.32. The fourth-order valence-corrected chi connectivity index (χ4v) is 4.38. The number of unbranched alkanes of at least 4 members (excludes halogenated alkanes) is 1. The maximum absolute atomic E-state index is 10.5. The van der Waals surface area contributed by atoms with Gasteiger partial charge in [-0.3, -0.25) is 0 Å². The van der Waals surface area contributed by atoms with Crippen LogP contribution in [0.1, 0.15) is 47.0 Å². The molecule has 2 atom stereocenters. The molecule has 0 aliphatic heterocycles. The van der Waals surface area contributed by atoms with Crippen molar-refractivity contribution < 1.29 is 9.53 Å². The Bertz CT molecular complexity index is 345. The normalized spacial score (nSPS) is 17.2. The van der Waals surface area contributed by atoms with Crippen molar-refractivity contribution in [3.8, 4) is 0 Å². The summed E-state index contributed by atoms with van der Waals surface area (Å²) in [5.74, 6) is 0. The fourth-order valence-electron chi connectivity index (χ4n) is 1.56. The first-order valence-electron chi connectivity index (χ1n) is 7.33. The minimum absolute atomic E-state index is 0.0833. The SMILES string of the molecule is CC(C)(C)[Si](C)(C)OCCCC[C@](C)(O)[C@H](Br)C=C(Br)Br. The number of aliphatic hydroxyl groups is 1. The van der Waals surface area contributed by atoms with Crippen LogP contribution in [0.25, 0.3) is 0 Å². The zero-order chi connectivity index (χ0) is 16.9. The van der Waals surface area contributed by atoms with Crippen molar-refractivity contribution in [3.05, 3.63) is 9.47 Å². The Balaban J connectivity index is 4.14. The van der Waals surface area contributed by atoms with Gasteiger partial charge in [-0.15, -0.1) is 0 Å². The van der Waals surface area contributed by atoms with Gasteiger partial charge in [0.05, 0.1) is 13.8 Å². The zero-order valence-electron chi connectivity index (χ0n) is 14.0. The Hall–Kier alpha value is 1.32. The van der Waals surface area contributed by atoms with E-state index < -0.39 is 13.9 Å². The van der Waals surface area contributed by atoms with Crippen molar-refractivity contribution >= 4 is 56.1 Å². The number of hydrogen-bond donors (Lipinski definition) is 1. The molecule has 0 saturated heterocycles. The number of alkyl halides is 1. The summed E-state index contributed by atoms with van der Waals surface area (Å²) in [6.07, 6.45) is 4.60. The molecule has 0 spiro atoms. The first kappa shape index (κ1) is 22.3. The van der Waals surface area contributed by atoms with Crippen LogP contribution in [0.15, 0.2) is 9.47 Å². The molecule has 0 aromatic rings. The largest absolute Gasteiger partial charge is 0.417 e. The van der Waals surface area contributed by atoms with Crippen molar-refractivity contribution in [2.45, 2.75) is 75.5 Å². The summed E-state index contributed by atoms with van der Waals surface area (Å²) in [5.41, 5.74) is -0.760. The lowest BCUT2D eigenvalue weighted by atomic mass is 9.95. The molecule has 0 aromatic heterocycles. The fraction of sp³-hybridized carbons (Fsp3) is 0.867. The molecule has 0 fully saturated rings. The maximum Gasteiger partial charge on any atom is 0.191 e. The molecule has 2 nitrogen and oxygen atoms in total. The molecule has 126 valence electrons. The highest BCUT2D eigenvalue weighted by Gasteiger charge is 2.36. The quantitative estimate of drug-likeness (QED) is 0.236. The first-order chi connectivity index (χ1) is 9.29. The van der Waals surface area contributed by atoms with Crippen LogP contribution in [0.4, 0.5) is 0 Å². The Morgan fingerprint density at radius 2 is 1.71 bits per heavy atom. The predicted molar refractivity (Wildman–Crippen MR) is 106 cm³/mol. The van der Waals surface area contributed by atoms with E-state index in [0.717, 1.165) is 29.3 Å². The average Bonchev–Trinajstić information content (AvgIpc) is 2.25. The molecule has 0 unspecified atom stereocenters. The van der Waals surface area contributed by atoms with Crippen molar-refractivity contribution in [1.82, 2.24) is 0 Å². The van der Waals surface area contributed by atoms with Gasteiger partial charge in [-0.05, 0) is 82.3 Å². The first-order valence-corrected chi connectivity index (χ1v) is 12.7. The Labute approximate surface area is 156 Å². The molecule has 0 aliphatic rings. The van der Waals surface area contributed by atoms with Gasteiger partial charge >= 0.3 is 0 Å². The van der Waals surface area contributed by atoms with Gasteiger partial charge in [0.15, 0.2) is 8.32 Å². The smallest absolute Gasteiger partial charge is 0.191 e.